The van der Waals surface area contributed by atoms with Crippen LogP contribution >= 0.6 is 0 Å². The summed E-state index contributed by atoms with van der Waals surface area (Å²) in [6, 6.07) is 19.6. The van der Waals surface area contributed by atoms with Crippen LogP contribution in [-0.2, 0) is 6.42 Å². The Kier molecular flexibility index (Phi) is 3.94. The van der Waals surface area contributed by atoms with Crippen molar-refractivity contribution in [3.8, 4) is 5.75 Å². The Morgan fingerprint density at radius 3 is 2.48 bits per heavy atom. The van der Waals surface area contributed by atoms with Gasteiger partial charge in [-0.15, -0.1) is 0 Å². The SMILES string of the molecule is CN1C(=O)c2c(O)c(=O)ccn2N2C(c3ccccc3)c3ccccc3CCC12. The fourth-order valence-electron chi connectivity index (χ4n) is 4.58. The number of carbonyl (C=O) groups excluding carboxylic acids is 1. The molecule has 5 rings (SSSR count). The van der Waals surface area contributed by atoms with E-state index in [0.717, 1.165) is 24.0 Å². The van der Waals surface area contributed by atoms with Gasteiger partial charge in [-0.05, 0) is 29.5 Å². The van der Waals surface area contributed by atoms with Gasteiger partial charge in [-0.3, -0.25) is 19.3 Å². The number of hydrogen-bond donors (Lipinski definition) is 1. The molecule has 2 atom stereocenters. The number of fused-ring (bicyclic) bond motifs is 4. The molecule has 0 saturated heterocycles. The van der Waals surface area contributed by atoms with Crippen molar-refractivity contribution in [2.24, 2.45) is 0 Å². The molecule has 1 N–H and O–H groups in total. The molecule has 3 aromatic rings. The first-order valence-electron chi connectivity index (χ1n) is 9.71. The highest BCUT2D eigenvalue weighted by molar-refractivity contribution is 5.96. The Balaban J connectivity index is 1.82. The molecule has 2 aliphatic rings. The Bertz CT molecular complexity index is 1160. The highest BCUT2D eigenvalue weighted by Gasteiger charge is 2.43. The number of rotatable bonds is 1. The van der Waals surface area contributed by atoms with Crippen LogP contribution in [0.3, 0.4) is 0 Å². The molecule has 1 aromatic heterocycles. The molecule has 0 spiro atoms. The second kappa shape index (κ2) is 6.51. The van der Waals surface area contributed by atoms with Crippen LogP contribution in [0.25, 0.3) is 0 Å². The molecule has 2 unspecified atom stereocenters. The van der Waals surface area contributed by atoms with E-state index in [1.54, 1.807) is 22.8 Å². The van der Waals surface area contributed by atoms with Crippen molar-refractivity contribution in [2.45, 2.75) is 25.0 Å². The lowest BCUT2D eigenvalue weighted by atomic mass is 9.94. The molecule has 2 aliphatic heterocycles. The quantitative estimate of drug-likeness (QED) is 0.697. The second-order valence-corrected chi connectivity index (χ2v) is 7.55. The molecule has 29 heavy (non-hydrogen) atoms. The third-order valence-corrected chi connectivity index (χ3v) is 5.98. The molecule has 0 radical (unpaired) electrons. The first-order valence-corrected chi connectivity index (χ1v) is 9.71. The van der Waals surface area contributed by atoms with Crippen molar-refractivity contribution < 1.29 is 9.90 Å². The van der Waals surface area contributed by atoms with Gasteiger partial charge >= 0.3 is 0 Å². The fraction of sp³-hybridized carbons (Fsp3) is 0.217. The predicted octanol–water partition coefficient (Wildman–Crippen LogP) is 2.64. The molecule has 146 valence electrons. The molecule has 6 nitrogen and oxygen atoms in total. The van der Waals surface area contributed by atoms with Crippen LogP contribution in [-0.4, -0.2) is 33.8 Å². The van der Waals surface area contributed by atoms with Gasteiger partial charge < -0.3 is 10.0 Å². The molecule has 0 fully saturated rings. The minimum Gasteiger partial charge on any atom is -0.502 e. The molecule has 0 saturated carbocycles. The van der Waals surface area contributed by atoms with E-state index in [4.69, 9.17) is 0 Å². The molecule has 1 amide bonds. The number of pyridine rings is 1. The third-order valence-electron chi connectivity index (χ3n) is 5.98. The number of benzene rings is 2. The predicted molar refractivity (Wildman–Crippen MR) is 110 cm³/mol. The van der Waals surface area contributed by atoms with Crippen molar-refractivity contribution in [1.29, 1.82) is 0 Å². The summed E-state index contributed by atoms with van der Waals surface area (Å²) in [5, 5.41) is 12.5. The number of amides is 1. The van der Waals surface area contributed by atoms with Crippen molar-refractivity contribution in [3.63, 3.8) is 0 Å². The van der Waals surface area contributed by atoms with E-state index in [2.05, 4.69) is 29.3 Å². The molecule has 6 heteroatoms. The first kappa shape index (κ1) is 17.6. The maximum absolute atomic E-state index is 13.1. The summed E-state index contributed by atoms with van der Waals surface area (Å²) in [6.45, 7) is 0. The summed E-state index contributed by atoms with van der Waals surface area (Å²) in [5.74, 6) is -0.855. The molecule has 2 aromatic carbocycles. The Labute approximate surface area is 168 Å². The van der Waals surface area contributed by atoms with E-state index < -0.39 is 11.2 Å². The van der Waals surface area contributed by atoms with Gasteiger partial charge in [0.25, 0.3) is 5.91 Å². The maximum atomic E-state index is 13.1. The van der Waals surface area contributed by atoms with Crippen LogP contribution in [0.1, 0.15) is 39.6 Å². The number of aromatic nitrogens is 1. The summed E-state index contributed by atoms with van der Waals surface area (Å²) >= 11 is 0. The highest BCUT2D eigenvalue weighted by Crippen LogP contribution is 2.39. The van der Waals surface area contributed by atoms with E-state index >= 15 is 0 Å². The summed E-state index contributed by atoms with van der Waals surface area (Å²) < 4.78 is 1.67. The van der Waals surface area contributed by atoms with Gasteiger partial charge in [-0.1, -0.05) is 54.6 Å². The molecule has 0 bridgehead atoms. The first-order chi connectivity index (χ1) is 14.1. The lowest BCUT2D eigenvalue weighted by Crippen LogP contribution is -2.60. The van der Waals surface area contributed by atoms with E-state index in [1.165, 1.54) is 11.6 Å². The zero-order chi connectivity index (χ0) is 20.1. The van der Waals surface area contributed by atoms with Crippen LogP contribution in [0.5, 0.6) is 5.75 Å². The van der Waals surface area contributed by atoms with Gasteiger partial charge in [0.15, 0.2) is 11.4 Å². The second-order valence-electron chi connectivity index (χ2n) is 7.55. The minimum atomic E-state index is -0.553. The average molecular weight is 387 g/mol. The van der Waals surface area contributed by atoms with Gasteiger partial charge in [0.2, 0.25) is 5.43 Å². The summed E-state index contributed by atoms with van der Waals surface area (Å²) in [4.78, 5) is 26.8. The van der Waals surface area contributed by atoms with Gasteiger partial charge in [0, 0.05) is 19.3 Å². The van der Waals surface area contributed by atoms with Gasteiger partial charge in [0.05, 0.1) is 6.04 Å². The van der Waals surface area contributed by atoms with E-state index in [9.17, 15) is 14.7 Å². The zero-order valence-corrected chi connectivity index (χ0v) is 16.0. The van der Waals surface area contributed by atoms with E-state index in [-0.39, 0.29) is 23.8 Å². The summed E-state index contributed by atoms with van der Waals surface area (Å²) in [6.07, 6.45) is 2.96. The zero-order valence-electron chi connectivity index (χ0n) is 16.0. The fourth-order valence-corrected chi connectivity index (χ4v) is 4.58. The van der Waals surface area contributed by atoms with Gasteiger partial charge in [-0.25, -0.2) is 0 Å². The number of aromatic hydroxyl groups is 1. The maximum Gasteiger partial charge on any atom is 0.277 e. The van der Waals surface area contributed by atoms with Crippen LogP contribution < -0.4 is 10.4 Å². The number of hydrogen-bond acceptors (Lipinski definition) is 4. The number of nitrogens with zero attached hydrogens (tertiary/aromatic N) is 3. The van der Waals surface area contributed by atoms with Crippen molar-refractivity contribution >= 4 is 5.91 Å². The lowest BCUT2D eigenvalue weighted by molar-refractivity contribution is 0.0611. The lowest BCUT2D eigenvalue weighted by Gasteiger charge is -2.48. The highest BCUT2D eigenvalue weighted by atomic mass is 16.3. The Hall–Kier alpha value is -3.54. The average Bonchev–Trinajstić information content (AvgIpc) is 2.92. The van der Waals surface area contributed by atoms with Crippen LogP contribution in [0.15, 0.2) is 71.7 Å². The van der Waals surface area contributed by atoms with E-state index in [0.29, 0.717) is 0 Å². The normalized spacial score (nSPS) is 20.5. The monoisotopic (exact) mass is 387 g/mol. The molecular weight excluding hydrogens is 366 g/mol. The van der Waals surface area contributed by atoms with Gasteiger partial charge in [-0.2, -0.15) is 0 Å². The molecule has 0 aliphatic carbocycles. The van der Waals surface area contributed by atoms with Crippen molar-refractivity contribution in [1.82, 2.24) is 9.58 Å². The topological polar surface area (TPSA) is 65.8 Å². The van der Waals surface area contributed by atoms with Crippen LogP contribution in [0, 0.1) is 0 Å². The summed E-state index contributed by atoms with van der Waals surface area (Å²) in [5.41, 5.74) is 2.94. The minimum absolute atomic E-state index is 0.0107. The standard InChI is InChI=1S/C23H21N3O3/c1-24-19-12-11-15-7-5-6-10-17(15)20(16-8-3-2-4-9-16)26(19)25-14-13-18(27)22(28)21(25)23(24)29/h2-10,13-14,19-20,28H,11-12H2,1H3. The molecular formula is C23H21N3O3. The van der Waals surface area contributed by atoms with Crippen molar-refractivity contribution in [3.05, 3.63) is 99.5 Å². The van der Waals surface area contributed by atoms with Crippen LogP contribution in [0.2, 0.25) is 0 Å². The third kappa shape index (κ3) is 2.56. The number of carbonyl (C=O) groups is 1. The van der Waals surface area contributed by atoms with E-state index in [1.807, 2.05) is 30.3 Å². The smallest absolute Gasteiger partial charge is 0.277 e. The van der Waals surface area contributed by atoms with Crippen molar-refractivity contribution in [2.75, 3.05) is 12.1 Å². The van der Waals surface area contributed by atoms with Gasteiger partial charge in [0.1, 0.15) is 6.17 Å². The molecule has 3 heterocycles. The largest absolute Gasteiger partial charge is 0.502 e. The summed E-state index contributed by atoms with van der Waals surface area (Å²) in [7, 11) is 1.73. The Morgan fingerprint density at radius 2 is 1.69 bits per heavy atom. The Morgan fingerprint density at radius 1 is 0.966 bits per heavy atom. The number of aryl methyl sites for hydroxylation is 1. The van der Waals surface area contributed by atoms with Crippen LogP contribution in [0.4, 0.5) is 0 Å².